The van der Waals surface area contributed by atoms with Crippen molar-refractivity contribution in [3.8, 4) is 5.75 Å². The molecule has 3 N–H and O–H groups in total. The first-order valence-electron chi connectivity index (χ1n) is 7.42. The minimum atomic E-state index is -0.252. The second kappa shape index (κ2) is 7.07. The molecule has 1 fully saturated rings. The van der Waals surface area contributed by atoms with E-state index in [1.54, 1.807) is 7.11 Å². The molecule has 112 valence electrons. The number of rotatable bonds is 5. The smallest absolute Gasteiger partial charge is 0.123 e. The fraction of sp³-hybridized carbons (Fsp3) is 0.625. The number of nitrogens with two attached hydrogens (primary N) is 1. The van der Waals surface area contributed by atoms with Crippen molar-refractivity contribution in [1.82, 2.24) is 4.90 Å². The number of nitrogens with zero attached hydrogens (tertiary/aromatic N) is 1. The zero-order chi connectivity index (χ0) is 14.5. The van der Waals surface area contributed by atoms with E-state index in [1.165, 1.54) is 6.42 Å². The molecule has 0 aromatic heterocycles. The van der Waals surface area contributed by atoms with E-state index in [0.29, 0.717) is 6.54 Å². The van der Waals surface area contributed by atoms with Crippen molar-refractivity contribution < 1.29 is 9.84 Å². The number of methoxy groups -OCH3 is 1. The molecule has 1 saturated carbocycles. The Bertz CT molecular complexity index is 425. The first-order valence-corrected chi connectivity index (χ1v) is 7.42. The Hall–Kier alpha value is -1.10. The van der Waals surface area contributed by atoms with Gasteiger partial charge < -0.3 is 15.6 Å². The van der Waals surface area contributed by atoms with Crippen LogP contribution >= 0.6 is 0 Å². The highest BCUT2D eigenvalue weighted by Gasteiger charge is 2.31. The highest BCUT2D eigenvalue weighted by atomic mass is 16.5. The van der Waals surface area contributed by atoms with Gasteiger partial charge in [-0.05, 0) is 26.0 Å². The van der Waals surface area contributed by atoms with Crippen LogP contribution in [0.2, 0.25) is 0 Å². The van der Waals surface area contributed by atoms with E-state index in [9.17, 15) is 5.11 Å². The Labute approximate surface area is 121 Å². The standard InChI is InChI=1S/C16H26N2O2/c1-18(13-8-4-5-9-15(13)19)14(11-17)12-7-3-6-10-16(12)20-2/h3,6-7,10,13-15,19H,4-5,8-9,11,17H2,1-2H3. The van der Waals surface area contributed by atoms with Gasteiger partial charge in [0, 0.05) is 18.2 Å². The van der Waals surface area contributed by atoms with Crippen LogP contribution in [0, 0.1) is 0 Å². The Morgan fingerprint density at radius 3 is 2.70 bits per heavy atom. The number of hydrogen-bond acceptors (Lipinski definition) is 4. The quantitative estimate of drug-likeness (QED) is 0.864. The van der Waals surface area contributed by atoms with Gasteiger partial charge in [0.15, 0.2) is 0 Å². The molecule has 1 aliphatic carbocycles. The third-order valence-electron chi connectivity index (χ3n) is 4.43. The summed E-state index contributed by atoms with van der Waals surface area (Å²) in [4.78, 5) is 2.22. The van der Waals surface area contributed by atoms with Crippen LogP contribution < -0.4 is 10.5 Å². The summed E-state index contributed by atoms with van der Waals surface area (Å²) in [6.07, 6.45) is 3.96. The van der Waals surface area contributed by atoms with E-state index in [-0.39, 0.29) is 18.2 Å². The van der Waals surface area contributed by atoms with Gasteiger partial charge in [0.1, 0.15) is 5.75 Å². The van der Waals surface area contributed by atoms with Gasteiger partial charge in [-0.3, -0.25) is 4.90 Å². The van der Waals surface area contributed by atoms with Gasteiger partial charge in [-0.15, -0.1) is 0 Å². The molecule has 2 rings (SSSR count). The first kappa shape index (κ1) is 15.3. The van der Waals surface area contributed by atoms with Crippen LogP contribution in [-0.4, -0.2) is 42.9 Å². The normalized spacial score (nSPS) is 24.6. The van der Waals surface area contributed by atoms with Crippen molar-refractivity contribution >= 4 is 0 Å². The summed E-state index contributed by atoms with van der Waals surface area (Å²) in [5, 5.41) is 10.2. The number of benzene rings is 1. The highest BCUT2D eigenvalue weighted by molar-refractivity contribution is 5.36. The number of ether oxygens (including phenoxy) is 1. The zero-order valence-electron chi connectivity index (χ0n) is 12.5. The fourth-order valence-electron chi connectivity index (χ4n) is 3.25. The molecule has 4 nitrogen and oxygen atoms in total. The fourth-order valence-corrected chi connectivity index (χ4v) is 3.25. The van der Waals surface area contributed by atoms with E-state index < -0.39 is 0 Å². The summed E-state index contributed by atoms with van der Waals surface area (Å²) in [5.41, 5.74) is 7.10. The molecule has 3 unspecified atom stereocenters. The maximum Gasteiger partial charge on any atom is 0.123 e. The van der Waals surface area contributed by atoms with Crippen LogP contribution in [0.5, 0.6) is 5.75 Å². The SMILES string of the molecule is COc1ccccc1C(CN)N(C)C1CCCCC1O. The van der Waals surface area contributed by atoms with Crippen molar-refractivity contribution in [3.63, 3.8) is 0 Å². The molecule has 0 bridgehead atoms. The molecule has 0 saturated heterocycles. The lowest BCUT2D eigenvalue weighted by molar-refractivity contribution is 0.0133. The molecule has 0 aliphatic heterocycles. The van der Waals surface area contributed by atoms with Gasteiger partial charge in [-0.25, -0.2) is 0 Å². The van der Waals surface area contributed by atoms with Crippen LogP contribution in [0.15, 0.2) is 24.3 Å². The van der Waals surface area contributed by atoms with Crippen molar-refractivity contribution in [3.05, 3.63) is 29.8 Å². The number of aliphatic hydroxyl groups is 1. The maximum atomic E-state index is 10.2. The van der Waals surface area contributed by atoms with Crippen LogP contribution in [-0.2, 0) is 0 Å². The van der Waals surface area contributed by atoms with Gasteiger partial charge in [-0.2, -0.15) is 0 Å². The maximum absolute atomic E-state index is 10.2. The summed E-state index contributed by atoms with van der Waals surface area (Å²) >= 11 is 0. The van der Waals surface area contributed by atoms with Gasteiger partial charge in [0.2, 0.25) is 0 Å². The van der Waals surface area contributed by atoms with E-state index in [1.807, 2.05) is 18.2 Å². The molecule has 0 spiro atoms. The van der Waals surface area contributed by atoms with Gasteiger partial charge >= 0.3 is 0 Å². The number of aliphatic hydroxyl groups excluding tert-OH is 1. The lowest BCUT2D eigenvalue weighted by Crippen LogP contribution is -2.46. The third kappa shape index (κ3) is 3.14. The molecule has 0 radical (unpaired) electrons. The lowest BCUT2D eigenvalue weighted by atomic mass is 9.90. The third-order valence-corrected chi connectivity index (χ3v) is 4.43. The summed E-state index contributed by atoms with van der Waals surface area (Å²) in [6.45, 7) is 0.514. The van der Waals surface area contributed by atoms with E-state index >= 15 is 0 Å². The largest absolute Gasteiger partial charge is 0.496 e. The second-order valence-corrected chi connectivity index (χ2v) is 5.58. The van der Waals surface area contributed by atoms with Crippen molar-refractivity contribution in [1.29, 1.82) is 0 Å². The minimum absolute atomic E-state index is 0.0731. The van der Waals surface area contributed by atoms with Gasteiger partial charge in [0.25, 0.3) is 0 Å². The predicted molar refractivity (Wildman–Crippen MR) is 80.8 cm³/mol. The van der Waals surface area contributed by atoms with Crippen LogP contribution in [0.25, 0.3) is 0 Å². The average Bonchev–Trinajstić information content (AvgIpc) is 2.49. The average molecular weight is 278 g/mol. The minimum Gasteiger partial charge on any atom is -0.496 e. The summed E-state index contributed by atoms with van der Waals surface area (Å²) < 4.78 is 5.45. The number of likely N-dealkylation sites (N-methyl/N-ethyl adjacent to an activating group) is 1. The topological polar surface area (TPSA) is 58.7 Å². The Morgan fingerprint density at radius 2 is 2.05 bits per heavy atom. The number of hydrogen-bond donors (Lipinski definition) is 2. The molecule has 1 aromatic rings. The molecule has 4 heteroatoms. The molecular formula is C16H26N2O2. The summed E-state index contributed by atoms with van der Waals surface area (Å²) in [7, 11) is 3.74. The Kier molecular flexibility index (Phi) is 5.40. The van der Waals surface area contributed by atoms with Crippen LogP contribution in [0.4, 0.5) is 0 Å². The van der Waals surface area contributed by atoms with Crippen molar-refractivity contribution in [2.45, 2.75) is 43.9 Å². The van der Waals surface area contributed by atoms with E-state index in [2.05, 4.69) is 18.0 Å². The first-order chi connectivity index (χ1) is 9.69. The van der Waals surface area contributed by atoms with Crippen molar-refractivity contribution in [2.75, 3.05) is 20.7 Å². The molecule has 20 heavy (non-hydrogen) atoms. The zero-order valence-corrected chi connectivity index (χ0v) is 12.5. The lowest BCUT2D eigenvalue weighted by Gasteiger charge is -2.40. The van der Waals surface area contributed by atoms with E-state index in [4.69, 9.17) is 10.5 Å². The summed E-state index contributed by atoms with van der Waals surface area (Å²) in [5.74, 6) is 0.861. The molecule has 3 atom stereocenters. The molecule has 1 aromatic carbocycles. The Morgan fingerprint density at radius 1 is 1.35 bits per heavy atom. The Balaban J connectivity index is 2.22. The van der Waals surface area contributed by atoms with E-state index in [0.717, 1.165) is 30.6 Å². The van der Waals surface area contributed by atoms with Gasteiger partial charge in [0.05, 0.1) is 19.3 Å². The van der Waals surface area contributed by atoms with Crippen molar-refractivity contribution in [2.24, 2.45) is 5.73 Å². The number of para-hydroxylation sites is 1. The molecule has 0 heterocycles. The second-order valence-electron chi connectivity index (χ2n) is 5.58. The summed E-state index contributed by atoms with van der Waals surface area (Å²) in [6, 6.07) is 8.24. The van der Waals surface area contributed by atoms with Crippen LogP contribution in [0.1, 0.15) is 37.3 Å². The monoisotopic (exact) mass is 278 g/mol. The van der Waals surface area contributed by atoms with Gasteiger partial charge in [-0.1, -0.05) is 31.0 Å². The highest BCUT2D eigenvalue weighted by Crippen LogP contribution is 2.32. The molecular weight excluding hydrogens is 252 g/mol. The van der Waals surface area contributed by atoms with Crippen LogP contribution in [0.3, 0.4) is 0 Å². The molecule has 0 amide bonds. The molecule has 1 aliphatic rings. The predicted octanol–water partition coefficient (Wildman–Crippen LogP) is 1.93.